The fourth-order valence-corrected chi connectivity index (χ4v) is 2.57. The number of nitrogens with two attached hydrogens (primary N) is 1. The van der Waals surface area contributed by atoms with Crippen molar-refractivity contribution in [2.75, 3.05) is 0 Å². The number of aryl methyl sites for hydroxylation is 1. The molecular formula is C15H16N2O. The Bertz CT molecular complexity index is 629. The standard InChI is InChI=1S/C15H16N2O/c1-10-2-3-12-9-13(5-4-11(12)8-10)15(6-7-15)14(18)17-16/h2-5,8-9H,6-7,16H2,1H3,(H,17,18). The van der Waals surface area contributed by atoms with Crippen LogP contribution in [0.2, 0.25) is 0 Å². The summed E-state index contributed by atoms with van der Waals surface area (Å²) < 4.78 is 0. The highest BCUT2D eigenvalue weighted by Crippen LogP contribution is 2.48. The van der Waals surface area contributed by atoms with Gasteiger partial charge in [0.15, 0.2) is 0 Å². The summed E-state index contributed by atoms with van der Waals surface area (Å²) in [6.07, 6.45) is 1.76. The zero-order valence-electron chi connectivity index (χ0n) is 10.4. The van der Waals surface area contributed by atoms with E-state index >= 15 is 0 Å². The monoisotopic (exact) mass is 240 g/mol. The molecular weight excluding hydrogens is 224 g/mol. The summed E-state index contributed by atoms with van der Waals surface area (Å²) in [5.41, 5.74) is 4.22. The maximum absolute atomic E-state index is 11.9. The van der Waals surface area contributed by atoms with Gasteiger partial charge in [0.25, 0.3) is 0 Å². The SMILES string of the molecule is Cc1ccc2cc(C3(C(=O)NN)CC3)ccc2c1. The molecule has 0 bridgehead atoms. The van der Waals surface area contributed by atoms with Crippen LogP contribution in [0.4, 0.5) is 0 Å². The molecule has 2 aromatic rings. The molecule has 1 saturated carbocycles. The summed E-state index contributed by atoms with van der Waals surface area (Å²) in [4.78, 5) is 11.9. The third-order valence-corrected chi connectivity index (χ3v) is 3.86. The van der Waals surface area contributed by atoms with E-state index in [4.69, 9.17) is 5.84 Å². The van der Waals surface area contributed by atoms with E-state index in [1.807, 2.05) is 6.07 Å². The molecule has 3 heteroatoms. The first kappa shape index (κ1) is 11.2. The number of hydrogen-bond acceptors (Lipinski definition) is 2. The van der Waals surface area contributed by atoms with Crippen LogP contribution in [0.15, 0.2) is 36.4 Å². The molecule has 0 unspecified atom stereocenters. The number of rotatable bonds is 2. The van der Waals surface area contributed by atoms with Crippen LogP contribution in [0.3, 0.4) is 0 Å². The third-order valence-electron chi connectivity index (χ3n) is 3.86. The molecule has 3 N–H and O–H groups in total. The van der Waals surface area contributed by atoms with Crippen LogP contribution in [0.25, 0.3) is 10.8 Å². The Labute approximate surface area is 106 Å². The molecule has 0 atom stereocenters. The highest BCUT2D eigenvalue weighted by Gasteiger charge is 2.51. The van der Waals surface area contributed by atoms with Gasteiger partial charge in [-0.3, -0.25) is 10.2 Å². The number of carbonyl (C=O) groups is 1. The van der Waals surface area contributed by atoms with E-state index in [0.717, 1.165) is 18.4 Å². The average Bonchev–Trinajstić information content (AvgIpc) is 3.18. The second-order valence-electron chi connectivity index (χ2n) is 5.12. The van der Waals surface area contributed by atoms with Gasteiger partial charge in [-0.15, -0.1) is 0 Å². The highest BCUT2D eigenvalue weighted by molar-refractivity contribution is 5.93. The largest absolute Gasteiger partial charge is 0.293 e. The van der Waals surface area contributed by atoms with E-state index in [1.165, 1.54) is 16.3 Å². The first-order valence-corrected chi connectivity index (χ1v) is 6.18. The van der Waals surface area contributed by atoms with E-state index in [-0.39, 0.29) is 11.3 Å². The molecule has 0 spiro atoms. The van der Waals surface area contributed by atoms with Crippen molar-refractivity contribution < 1.29 is 4.79 Å². The molecule has 0 heterocycles. The van der Waals surface area contributed by atoms with Gasteiger partial charge in [0.1, 0.15) is 0 Å². The lowest BCUT2D eigenvalue weighted by Gasteiger charge is -2.14. The molecule has 1 aliphatic rings. The minimum Gasteiger partial charge on any atom is -0.293 e. The van der Waals surface area contributed by atoms with Crippen molar-refractivity contribution in [1.29, 1.82) is 0 Å². The fourth-order valence-electron chi connectivity index (χ4n) is 2.57. The molecule has 0 radical (unpaired) electrons. The van der Waals surface area contributed by atoms with Gasteiger partial charge >= 0.3 is 0 Å². The van der Waals surface area contributed by atoms with Crippen molar-refractivity contribution in [3.63, 3.8) is 0 Å². The van der Waals surface area contributed by atoms with Gasteiger partial charge in [-0.1, -0.05) is 42.0 Å². The molecule has 18 heavy (non-hydrogen) atoms. The zero-order chi connectivity index (χ0) is 12.8. The van der Waals surface area contributed by atoms with Gasteiger partial charge < -0.3 is 0 Å². The van der Waals surface area contributed by atoms with Crippen LogP contribution in [-0.4, -0.2) is 5.91 Å². The van der Waals surface area contributed by atoms with Crippen molar-refractivity contribution in [2.45, 2.75) is 25.2 Å². The van der Waals surface area contributed by atoms with Gasteiger partial charge in [-0.2, -0.15) is 0 Å². The van der Waals surface area contributed by atoms with Crippen molar-refractivity contribution >= 4 is 16.7 Å². The highest BCUT2D eigenvalue weighted by atomic mass is 16.2. The van der Waals surface area contributed by atoms with Gasteiger partial charge in [-0.25, -0.2) is 5.84 Å². The van der Waals surface area contributed by atoms with Gasteiger partial charge in [-0.05, 0) is 36.1 Å². The number of carbonyl (C=O) groups excluding carboxylic acids is 1. The number of hydrogen-bond donors (Lipinski definition) is 2. The van der Waals surface area contributed by atoms with Crippen LogP contribution < -0.4 is 11.3 Å². The molecule has 0 aromatic heterocycles. The molecule has 3 rings (SSSR count). The van der Waals surface area contributed by atoms with Gasteiger partial charge in [0.2, 0.25) is 5.91 Å². The van der Waals surface area contributed by atoms with Crippen molar-refractivity contribution in [2.24, 2.45) is 5.84 Å². The Kier molecular flexibility index (Phi) is 2.38. The Morgan fingerprint density at radius 1 is 1.17 bits per heavy atom. The molecule has 92 valence electrons. The number of fused-ring (bicyclic) bond motifs is 1. The number of nitrogens with one attached hydrogen (secondary N) is 1. The molecule has 1 aliphatic carbocycles. The number of amides is 1. The van der Waals surface area contributed by atoms with Crippen LogP contribution in [-0.2, 0) is 10.2 Å². The molecule has 1 amide bonds. The number of hydrazine groups is 1. The minimum atomic E-state index is -0.381. The summed E-state index contributed by atoms with van der Waals surface area (Å²) in [5.74, 6) is 5.19. The van der Waals surface area contributed by atoms with Gasteiger partial charge in [0, 0.05) is 0 Å². The lowest BCUT2D eigenvalue weighted by Crippen LogP contribution is -2.39. The van der Waals surface area contributed by atoms with Crippen LogP contribution >= 0.6 is 0 Å². The lowest BCUT2D eigenvalue weighted by molar-refractivity contribution is -0.123. The van der Waals surface area contributed by atoms with Gasteiger partial charge in [0.05, 0.1) is 5.41 Å². The first-order valence-electron chi connectivity index (χ1n) is 6.18. The van der Waals surface area contributed by atoms with Crippen LogP contribution in [0, 0.1) is 6.92 Å². The smallest absolute Gasteiger partial charge is 0.244 e. The van der Waals surface area contributed by atoms with Crippen molar-refractivity contribution in [1.82, 2.24) is 5.43 Å². The van der Waals surface area contributed by atoms with Crippen LogP contribution in [0.1, 0.15) is 24.0 Å². The summed E-state index contributed by atoms with van der Waals surface area (Å²) in [7, 11) is 0. The minimum absolute atomic E-state index is 0.0750. The fraction of sp³-hybridized carbons (Fsp3) is 0.267. The quantitative estimate of drug-likeness (QED) is 0.480. The molecule has 2 aromatic carbocycles. The van der Waals surface area contributed by atoms with E-state index in [9.17, 15) is 4.79 Å². The van der Waals surface area contributed by atoms with E-state index in [0.29, 0.717) is 0 Å². The Morgan fingerprint density at radius 3 is 2.50 bits per heavy atom. The summed E-state index contributed by atoms with van der Waals surface area (Å²) in [6.45, 7) is 2.08. The maximum Gasteiger partial charge on any atom is 0.244 e. The summed E-state index contributed by atoms with van der Waals surface area (Å²) in [6, 6.07) is 12.6. The molecule has 0 saturated heterocycles. The lowest BCUT2D eigenvalue weighted by atomic mass is 9.92. The predicted molar refractivity (Wildman–Crippen MR) is 71.9 cm³/mol. The van der Waals surface area contributed by atoms with E-state index in [2.05, 4.69) is 42.7 Å². The second kappa shape index (κ2) is 3.82. The first-order chi connectivity index (χ1) is 8.65. The number of benzene rings is 2. The maximum atomic E-state index is 11.9. The summed E-state index contributed by atoms with van der Waals surface area (Å²) >= 11 is 0. The van der Waals surface area contributed by atoms with E-state index < -0.39 is 0 Å². The topological polar surface area (TPSA) is 55.1 Å². The second-order valence-corrected chi connectivity index (χ2v) is 5.12. The Morgan fingerprint density at radius 2 is 1.83 bits per heavy atom. The third kappa shape index (κ3) is 1.59. The van der Waals surface area contributed by atoms with Crippen molar-refractivity contribution in [3.8, 4) is 0 Å². The molecule has 1 fully saturated rings. The van der Waals surface area contributed by atoms with E-state index in [1.54, 1.807) is 0 Å². The Hall–Kier alpha value is -1.87. The summed E-state index contributed by atoms with van der Waals surface area (Å²) in [5, 5.41) is 2.39. The normalized spacial score (nSPS) is 16.6. The van der Waals surface area contributed by atoms with Crippen LogP contribution in [0.5, 0.6) is 0 Å². The zero-order valence-corrected chi connectivity index (χ0v) is 10.4. The predicted octanol–water partition coefficient (Wildman–Crippen LogP) is 2.17. The van der Waals surface area contributed by atoms with Crippen molar-refractivity contribution in [3.05, 3.63) is 47.5 Å². The molecule has 0 aliphatic heterocycles. The molecule has 3 nitrogen and oxygen atoms in total. The Balaban J connectivity index is 2.09. The average molecular weight is 240 g/mol.